The lowest BCUT2D eigenvalue weighted by atomic mass is 10.0. The van der Waals surface area contributed by atoms with Crippen molar-refractivity contribution in [2.24, 2.45) is 10.7 Å². The summed E-state index contributed by atoms with van der Waals surface area (Å²) >= 11 is 0. The van der Waals surface area contributed by atoms with E-state index in [9.17, 15) is 4.79 Å². The third-order valence-corrected chi connectivity index (χ3v) is 4.12. The normalized spacial score (nSPS) is 13.6. The van der Waals surface area contributed by atoms with Crippen LogP contribution in [0.5, 0.6) is 0 Å². The Labute approximate surface area is 143 Å². The maximum absolute atomic E-state index is 12.7. The molecular formula is C17H17N7O. The van der Waals surface area contributed by atoms with Gasteiger partial charge in [0.15, 0.2) is 5.65 Å². The van der Waals surface area contributed by atoms with Gasteiger partial charge in [0, 0.05) is 30.4 Å². The number of amides is 1. The van der Waals surface area contributed by atoms with Crippen molar-refractivity contribution in [3.05, 3.63) is 53.3 Å². The van der Waals surface area contributed by atoms with Crippen molar-refractivity contribution in [2.45, 2.75) is 6.54 Å². The zero-order valence-electron chi connectivity index (χ0n) is 13.4. The number of carbonyl (C=O) groups excluding carboxylic acids is 1. The zero-order chi connectivity index (χ0) is 17.2. The van der Waals surface area contributed by atoms with Crippen LogP contribution in [0.25, 0.3) is 11.0 Å². The molecule has 2 aromatic heterocycles. The van der Waals surface area contributed by atoms with Crippen molar-refractivity contribution in [1.29, 1.82) is 0 Å². The average Bonchev–Trinajstić information content (AvgIpc) is 3.33. The highest BCUT2D eigenvalue weighted by Gasteiger charge is 2.16. The minimum atomic E-state index is -0.220. The first-order valence-corrected chi connectivity index (χ1v) is 7.97. The van der Waals surface area contributed by atoms with E-state index in [1.165, 1.54) is 0 Å². The quantitative estimate of drug-likeness (QED) is 0.567. The summed E-state index contributed by atoms with van der Waals surface area (Å²) in [4.78, 5) is 21.3. The molecular weight excluding hydrogens is 318 g/mol. The fourth-order valence-corrected chi connectivity index (χ4v) is 2.87. The van der Waals surface area contributed by atoms with Crippen LogP contribution in [0.3, 0.4) is 0 Å². The Hall–Kier alpha value is -3.26. The smallest absolute Gasteiger partial charge is 0.256 e. The van der Waals surface area contributed by atoms with Crippen molar-refractivity contribution >= 4 is 28.5 Å². The fourth-order valence-electron chi connectivity index (χ4n) is 2.87. The molecule has 0 unspecified atom stereocenters. The second kappa shape index (κ2) is 6.33. The van der Waals surface area contributed by atoms with Crippen molar-refractivity contribution < 1.29 is 4.79 Å². The molecule has 3 heterocycles. The van der Waals surface area contributed by atoms with Gasteiger partial charge >= 0.3 is 0 Å². The van der Waals surface area contributed by atoms with E-state index in [1.54, 1.807) is 24.5 Å². The number of nitrogens with zero attached hydrogens (tertiary/aromatic N) is 3. The van der Waals surface area contributed by atoms with E-state index in [-0.39, 0.29) is 12.5 Å². The van der Waals surface area contributed by atoms with Crippen molar-refractivity contribution in [3.8, 4) is 0 Å². The van der Waals surface area contributed by atoms with Crippen LogP contribution in [-0.4, -0.2) is 40.0 Å². The van der Waals surface area contributed by atoms with Gasteiger partial charge in [-0.25, -0.2) is 4.98 Å². The van der Waals surface area contributed by atoms with Gasteiger partial charge in [-0.1, -0.05) is 6.07 Å². The molecule has 1 aromatic carbocycles. The summed E-state index contributed by atoms with van der Waals surface area (Å²) in [5.41, 5.74) is 9.38. The van der Waals surface area contributed by atoms with E-state index in [4.69, 9.17) is 5.73 Å². The highest BCUT2D eigenvalue weighted by atomic mass is 16.1. The number of aromatic amines is 1. The molecule has 0 aliphatic carbocycles. The van der Waals surface area contributed by atoms with Crippen molar-refractivity contribution in [1.82, 2.24) is 20.5 Å². The second-order valence-corrected chi connectivity index (χ2v) is 5.68. The Balaban J connectivity index is 1.64. The number of nitrogens with two attached hydrogens (primary N) is 1. The van der Waals surface area contributed by atoms with E-state index in [1.807, 2.05) is 12.1 Å². The number of nitrogens with one attached hydrogen (secondary N) is 3. The lowest BCUT2D eigenvalue weighted by Crippen LogP contribution is -2.21. The first-order valence-electron chi connectivity index (χ1n) is 7.97. The minimum Gasteiger partial charge on any atom is -0.368 e. The minimum absolute atomic E-state index is 0.220. The van der Waals surface area contributed by atoms with Gasteiger partial charge in [-0.05, 0) is 23.8 Å². The molecule has 1 amide bonds. The molecule has 8 nitrogen and oxygen atoms in total. The number of benzene rings is 1. The highest BCUT2D eigenvalue weighted by Crippen LogP contribution is 2.21. The first-order chi connectivity index (χ1) is 12.3. The lowest BCUT2D eigenvalue weighted by Gasteiger charge is -2.12. The summed E-state index contributed by atoms with van der Waals surface area (Å²) in [6, 6.07) is 7.31. The predicted octanol–water partition coefficient (Wildman–Crippen LogP) is 1.02. The van der Waals surface area contributed by atoms with Crippen LogP contribution in [-0.2, 0) is 6.54 Å². The number of anilines is 1. The molecule has 25 heavy (non-hydrogen) atoms. The monoisotopic (exact) mass is 335 g/mol. The third kappa shape index (κ3) is 2.83. The van der Waals surface area contributed by atoms with Gasteiger partial charge in [0.25, 0.3) is 5.91 Å². The van der Waals surface area contributed by atoms with E-state index >= 15 is 0 Å². The molecule has 0 spiro atoms. The second-order valence-electron chi connectivity index (χ2n) is 5.68. The Morgan fingerprint density at radius 3 is 3.04 bits per heavy atom. The van der Waals surface area contributed by atoms with Crippen LogP contribution in [0.2, 0.25) is 0 Å². The van der Waals surface area contributed by atoms with Gasteiger partial charge in [0.05, 0.1) is 23.8 Å². The van der Waals surface area contributed by atoms with Gasteiger partial charge in [-0.15, -0.1) is 0 Å². The summed E-state index contributed by atoms with van der Waals surface area (Å²) in [6.07, 6.45) is 3.25. The number of aliphatic imine (C=N–C) groups is 1. The number of pyridine rings is 1. The molecule has 0 radical (unpaired) electrons. The van der Waals surface area contributed by atoms with Gasteiger partial charge in [0.2, 0.25) is 0 Å². The largest absolute Gasteiger partial charge is 0.368 e. The van der Waals surface area contributed by atoms with Gasteiger partial charge in [0.1, 0.15) is 5.84 Å². The summed E-state index contributed by atoms with van der Waals surface area (Å²) < 4.78 is 0. The number of carbonyl (C=O) groups is 1. The summed E-state index contributed by atoms with van der Waals surface area (Å²) in [7, 11) is 0. The lowest BCUT2D eigenvalue weighted by molar-refractivity contribution is 0.102. The molecule has 0 bridgehead atoms. The van der Waals surface area contributed by atoms with E-state index in [2.05, 4.69) is 30.8 Å². The Kier molecular flexibility index (Phi) is 3.87. The van der Waals surface area contributed by atoms with Gasteiger partial charge in [-0.3, -0.25) is 14.9 Å². The fraction of sp³-hybridized carbons (Fsp3) is 0.176. The number of hydrogen-bond donors (Lipinski definition) is 4. The third-order valence-electron chi connectivity index (χ3n) is 4.12. The van der Waals surface area contributed by atoms with Crippen LogP contribution in [0.15, 0.2) is 41.7 Å². The van der Waals surface area contributed by atoms with Crippen LogP contribution in [0.4, 0.5) is 5.69 Å². The molecule has 126 valence electrons. The molecule has 0 saturated heterocycles. The first kappa shape index (κ1) is 15.3. The molecule has 3 aromatic rings. The maximum Gasteiger partial charge on any atom is 0.256 e. The number of aromatic nitrogens is 3. The summed E-state index contributed by atoms with van der Waals surface area (Å²) in [5, 5.41) is 13.6. The molecule has 5 N–H and O–H groups in total. The number of hydrogen-bond acceptors (Lipinski definition) is 6. The van der Waals surface area contributed by atoms with E-state index < -0.39 is 0 Å². The Morgan fingerprint density at radius 1 is 1.32 bits per heavy atom. The van der Waals surface area contributed by atoms with E-state index in [0.717, 1.165) is 35.4 Å². The van der Waals surface area contributed by atoms with Crippen LogP contribution >= 0.6 is 0 Å². The van der Waals surface area contributed by atoms with Gasteiger partial charge < -0.3 is 16.4 Å². The van der Waals surface area contributed by atoms with Crippen LogP contribution in [0.1, 0.15) is 21.5 Å². The molecule has 8 heteroatoms. The Bertz CT molecular complexity index is 976. The van der Waals surface area contributed by atoms with Gasteiger partial charge in [-0.2, -0.15) is 5.10 Å². The van der Waals surface area contributed by atoms with E-state index in [0.29, 0.717) is 16.9 Å². The van der Waals surface area contributed by atoms with Crippen molar-refractivity contribution in [3.63, 3.8) is 0 Å². The SMILES string of the molecule is NCc1cc(C2=NCCN2)ccc1C(=O)Nc1ccnc2[nH]ncc12. The predicted molar refractivity (Wildman–Crippen MR) is 95.6 cm³/mol. The number of H-pyrrole nitrogens is 1. The zero-order valence-corrected chi connectivity index (χ0v) is 13.4. The summed E-state index contributed by atoms with van der Waals surface area (Å²) in [6.45, 7) is 1.86. The Morgan fingerprint density at radius 2 is 2.24 bits per heavy atom. The average molecular weight is 335 g/mol. The number of rotatable bonds is 4. The molecule has 0 atom stereocenters. The summed E-state index contributed by atoms with van der Waals surface area (Å²) in [5.74, 6) is 0.623. The van der Waals surface area contributed by atoms with Crippen LogP contribution in [0, 0.1) is 0 Å². The molecule has 1 aliphatic heterocycles. The maximum atomic E-state index is 12.7. The standard InChI is InChI=1S/C17H17N7O/c18-8-11-7-10(15-20-5-6-21-15)1-2-12(11)17(25)23-14-3-4-19-16-13(14)9-22-24-16/h1-4,7,9H,5-6,8,18H2,(H,20,21)(H2,19,22,23,24,25). The van der Waals surface area contributed by atoms with Crippen LogP contribution < -0.4 is 16.4 Å². The molecule has 0 fully saturated rings. The number of amidine groups is 1. The number of fused-ring (bicyclic) bond motifs is 1. The van der Waals surface area contributed by atoms with Crippen molar-refractivity contribution in [2.75, 3.05) is 18.4 Å². The topological polar surface area (TPSA) is 121 Å². The molecule has 1 aliphatic rings. The highest BCUT2D eigenvalue weighted by molar-refractivity contribution is 6.09. The molecule has 0 saturated carbocycles. The molecule has 4 rings (SSSR count).